The van der Waals surface area contributed by atoms with E-state index in [1.807, 2.05) is 52.6 Å². The van der Waals surface area contributed by atoms with Gasteiger partial charge in [0.05, 0.1) is 35.0 Å². The molecule has 0 radical (unpaired) electrons. The number of aromatic nitrogens is 4. The lowest BCUT2D eigenvalue weighted by Gasteiger charge is -2.35. The van der Waals surface area contributed by atoms with Crippen LogP contribution in [0.5, 0.6) is 0 Å². The van der Waals surface area contributed by atoms with Gasteiger partial charge in [0.1, 0.15) is 22.9 Å². The molecule has 10 heteroatoms. The molecular weight excluding hydrogens is 677 g/mol. The largest absolute Gasteiger partial charge is 0.444 e. The highest BCUT2D eigenvalue weighted by atomic mass is 16.6. The van der Waals surface area contributed by atoms with Gasteiger partial charge in [-0.15, -0.1) is 0 Å². The average Bonchev–Trinajstić information content (AvgIpc) is 3.97. The molecular formula is C44H50N6O4. The van der Waals surface area contributed by atoms with E-state index in [1.165, 1.54) is 27.8 Å². The summed E-state index contributed by atoms with van der Waals surface area (Å²) in [4.78, 5) is 46.9. The number of likely N-dealkylation sites (tertiary alicyclic amines) is 2. The van der Waals surface area contributed by atoms with Crippen molar-refractivity contribution in [2.24, 2.45) is 5.92 Å². The van der Waals surface area contributed by atoms with Crippen LogP contribution in [-0.4, -0.2) is 65.7 Å². The molecule has 2 saturated heterocycles. The van der Waals surface area contributed by atoms with Crippen molar-refractivity contribution in [1.29, 1.82) is 0 Å². The molecule has 4 atom stereocenters. The standard InChI is InChI=1S/C44H50N6O4/c1-43(2,3)53-41(51)49-19-7-8-37(49)39-45-24-36(48-39)29-13-17-33-28(21-29)10-9-27-20-25(12-16-32(27)33)26-14-18-34-35(23-26)47-40(46-34)38-30-11-15-31(22-30)50(38)42(52)54-44(4,5)6/h12-14,16-18,20-21,23-24,30-31,37-38H,7-11,15,19,22H2,1-6H3,(H,45,48)(H,46,47)/t30-,31-,37+,38+/m1/s1. The zero-order valence-corrected chi connectivity index (χ0v) is 32.2. The van der Waals surface area contributed by atoms with Crippen LogP contribution in [0.2, 0.25) is 0 Å². The Labute approximate surface area is 316 Å². The lowest BCUT2D eigenvalue weighted by atomic mass is 9.83. The highest BCUT2D eigenvalue weighted by molar-refractivity contribution is 5.84. The second-order valence-electron chi connectivity index (χ2n) is 17.7. The lowest BCUT2D eigenvalue weighted by Crippen LogP contribution is -2.43. The maximum atomic E-state index is 13.3. The first kappa shape index (κ1) is 34.6. The Balaban J connectivity index is 0.935. The fourth-order valence-electron chi connectivity index (χ4n) is 9.25. The number of amides is 2. The Morgan fingerprint density at radius 1 is 0.759 bits per heavy atom. The number of piperidine rings is 1. The number of rotatable bonds is 4. The Hall–Kier alpha value is -5.12. The van der Waals surface area contributed by atoms with Gasteiger partial charge >= 0.3 is 12.2 Å². The second-order valence-corrected chi connectivity index (χ2v) is 17.7. The van der Waals surface area contributed by atoms with Gasteiger partial charge in [-0.1, -0.05) is 36.4 Å². The van der Waals surface area contributed by atoms with Gasteiger partial charge in [-0.3, -0.25) is 9.80 Å². The molecule has 3 fully saturated rings. The number of aryl methyl sites for hydroxylation is 2. The summed E-state index contributed by atoms with van der Waals surface area (Å²) in [5.41, 5.74) is 10.4. The van der Waals surface area contributed by atoms with Crippen LogP contribution >= 0.6 is 0 Å². The van der Waals surface area contributed by atoms with Crippen molar-refractivity contribution < 1.29 is 19.1 Å². The van der Waals surface area contributed by atoms with Crippen molar-refractivity contribution in [3.63, 3.8) is 0 Å². The van der Waals surface area contributed by atoms with Crippen molar-refractivity contribution in [3.8, 4) is 33.5 Å². The van der Waals surface area contributed by atoms with Crippen LogP contribution < -0.4 is 0 Å². The molecule has 4 heterocycles. The van der Waals surface area contributed by atoms with Crippen LogP contribution in [0.4, 0.5) is 9.59 Å². The van der Waals surface area contributed by atoms with Gasteiger partial charge in [-0.2, -0.15) is 0 Å². The normalized spacial score (nSPS) is 22.1. The first-order chi connectivity index (χ1) is 25.8. The molecule has 2 bridgehead atoms. The van der Waals surface area contributed by atoms with E-state index in [0.717, 1.165) is 84.4 Å². The quantitative estimate of drug-likeness (QED) is 0.191. The molecule has 2 amide bonds. The summed E-state index contributed by atoms with van der Waals surface area (Å²) in [6.07, 6.45) is 8.21. The Morgan fingerprint density at radius 3 is 2.17 bits per heavy atom. The number of aromatic amines is 2. The van der Waals surface area contributed by atoms with Gasteiger partial charge in [-0.05, 0) is 150 Å². The second kappa shape index (κ2) is 12.7. The van der Waals surface area contributed by atoms with Gasteiger partial charge < -0.3 is 19.4 Å². The van der Waals surface area contributed by atoms with Crippen LogP contribution in [0.15, 0.2) is 60.8 Å². The number of H-pyrrole nitrogens is 2. The molecule has 2 aliphatic carbocycles. The molecule has 3 aromatic carbocycles. The smallest absolute Gasteiger partial charge is 0.411 e. The van der Waals surface area contributed by atoms with Crippen molar-refractivity contribution >= 4 is 23.2 Å². The molecule has 280 valence electrons. The van der Waals surface area contributed by atoms with E-state index in [-0.39, 0.29) is 30.3 Å². The van der Waals surface area contributed by atoms with Crippen LogP contribution in [0.3, 0.4) is 0 Å². The monoisotopic (exact) mass is 726 g/mol. The summed E-state index contributed by atoms with van der Waals surface area (Å²) in [6.45, 7) is 12.1. The first-order valence-corrected chi connectivity index (χ1v) is 19.6. The van der Waals surface area contributed by atoms with Gasteiger partial charge in [0, 0.05) is 12.6 Å². The predicted molar refractivity (Wildman–Crippen MR) is 209 cm³/mol. The van der Waals surface area contributed by atoms with Gasteiger partial charge in [-0.25, -0.2) is 19.6 Å². The Morgan fingerprint density at radius 2 is 1.43 bits per heavy atom. The third kappa shape index (κ3) is 6.33. The number of carbonyl (C=O) groups excluding carboxylic acids is 2. The minimum absolute atomic E-state index is 0.0871. The Bertz CT molecular complexity index is 2270. The first-order valence-electron chi connectivity index (χ1n) is 19.6. The summed E-state index contributed by atoms with van der Waals surface area (Å²) in [5, 5.41) is 0. The highest BCUT2D eigenvalue weighted by Gasteiger charge is 2.51. The van der Waals surface area contributed by atoms with Crippen LogP contribution in [0.25, 0.3) is 44.5 Å². The number of fused-ring (bicyclic) bond motifs is 6. The number of ether oxygens (including phenoxy) is 2. The average molecular weight is 727 g/mol. The minimum atomic E-state index is -0.540. The summed E-state index contributed by atoms with van der Waals surface area (Å²) in [6, 6.07) is 20.0. The lowest BCUT2D eigenvalue weighted by molar-refractivity contribution is 0.00616. The topological polar surface area (TPSA) is 116 Å². The zero-order chi connectivity index (χ0) is 37.5. The number of imidazole rings is 2. The third-order valence-corrected chi connectivity index (χ3v) is 11.6. The zero-order valence-electron chi connectivity index (χ0n) is 32.2. The Kier molecular flexibility index (Phi) is 8.17. The van der Waals surface area contributed by atoms with Gasteiger partial charge in [0.2, 0.25) is 0 Å². The minimum Gasteiger partial charge on any atom is -0.444 e. The van der Waals surface area contributed by atoms with E-state index in [9.17, 15) is 9.59 Å². The van der Waals surface area contributed by atoms with Crippen molar-refractivity contribution in [2.75, 3.05) is 6.54 Å². The molecule has 54 heavy (non-hydrogen) atoms. The molecule has 0 unspecified atom stereocenters. The maximum absolute atomic E-state index is 13.3. The van der Waals surface area contributed by atoms with Gasteiger partial charge in [0.15, 0.2) is 0 Å². The molecule has 2 aromatic heterocycles. The fraction of sp³-hybridized carbons (Fsp3) is 0.455. The van der Waals surface area contributed by atoms with E-state index < -0.39 is 11.2 Å². The molecule has 0 spiro atoms. The van der Waals surface area contributed by atoms with Crippen LogP contribution in [-0.2, 0) is 22.3 Å². The van der Waals surface area contributed by atoms with Crippen molar-refractivity contribution in [1.82, 2.24) is 29.7 Å². The SMILES string of the molecule is CC(C)(C)OC(=O)N1CCC[C@H]1c1ncc(-c2ccc3c(c2)CCc2cc(-c4ccc5nc([C@@H]6[C@@H]7CC[C@H](C7)N6C(=O)OC(C)(C)C)[nH]c5c4)ccc2-3)[nH]1. The van der Waals surface area contributed by atoms with Crippen LogP contribution in [0, 0.1) is 5.92 Å². The molecule has 10 nitrogen and oxygen atoms in total. The van der Waals surface area contributed by atoms with E-state index in [0.29, 0.717) is 12.5 Å². The van der Waals surface area contributed by atoms with E-state index >= 15 is 0 Å². The van der Waals surface area contributed by atoms with Gasteiger partial charge in [0.25, 0.3) is 0 Å². The number of hydrogen-bond donors (Lipinski definition) is 2. The number of carbonyl (C=O) groups is 2. The molecule has 2 aliphatic heterocycles. The fourth-order valence-corrected chi connectivity index (χ4v) is 9.25. The molecule has 2 N–H and O–H groups in total. The number of nitrogens with one attached hydrogen (secondary N) is 2. The van der Waals surface area contributed by atoms with E-state index in [1.54, 1.807) is 4.90 Å². The van der Waals surface area contributed by atoms with Crippen LogP contribution in [0.1, 0.15) is 109 Å². The maximum Gasteiger partial charge on any atom is 0.411 e. The molecule has 9 rings (SSSR count). The summed E-state index contributed by atoms with van der Waals surface area (Å²) in [7, 11) is 0. The number of nitrogens with zero attached hydrogens (tertiary/aromatic N) is 4. The van der Waals surface area contributed by atoms with Crippen molar-refractivity contribution in [3.05, 3.63) is 83.6 Å². The van der Waals surface area contributed by atoms with Crippen molar-refractivity contribution in [2.45, 2.75) is 116 Å². The van der Waals surface area contributed by atoms with E-state index in [4.69, 9.17) is 19.4 Å². The summed E-state index contributed by atoms with van der Waals surface area (Å²) >= 11 is 0. The third-order valence-electron chi connectivity index (χ3n) is 11.6. The number of hydrogen-bond acceptors (Lipinski definition) is 6. The number of benzene rings is 3. The molecule has 1 saturated carbocycles. The van der Waals surface area contributed by atoms with E-state index in [2.05, 4.69) is 64.6 Å². The highest BCUT2D eigenvalue weighted by Crippen LogP contribution is 2.50. The summed E-state index contributed by atoms with van der Waals surface area (Å²) < 4.78 is 11.5. The molecule has 5 aromatic rings. The predicted octanol–water partition coefficient (Wildman–Crippen LogP) is 9.92. The molecule has 4 aliphatic rings. The summed E-state index contributed by atoms with van der Waals surface area (Å²) in [5.74, 6) is 2.06.